The smallest absolute Gasteiger partial charge is 0.358 e. The number of halogens is 1. The molecule has 2 aromatic heterocycles. The lowest BCUT2D eigenvalue weighted by atomic mass is 10.3. The van der Waals surface area contributed by atoms with Gasteiger partial charge in [-0.25, -0.2) is 9.31 Å². The minimum Gasteiger partial charge on any atom is -0.461 e. The first kappa shape index (κ1) is 9.98. The van der Waals surface area contributed by atoms with Crippen molar-refractivity contribution < 1.29 is 9.53 Å². The van der Waals surface area contributed by atoms with Gasteiger partial charge in [0.25, 0.3) is 0 Å². The minimum absolute atomic E-state index is 0.291. The lowest BCUT2D eigenvalue weighted by Crippen LogP contribution is -2.05. The molecule has 0 atom stereocenters. The number of ether oxygens (including phenoxy) is 1. The van der Waals surface area contributed by atoms with Gasteiger partial charge in [-0.2, -0.15) is 5.10 Å². The van der Waals surface area contributed by atoms with E-state index in [9.17, 15) is 4.79 Å². The average molecular weight is 225 g/mol. The van der Waals surface area contributed by atoms with Crippen molar-refractivity contribution in [1.29, 1.82) is 0 Å². The van der Waals surface area contributed by atoms with Gasteiger partial charge in [0.15, 0.2) is 5.69 Å². The molecule has 0 aliphatic rings. The number of aromatic nitrogens is 2. The highest BCUT2D eigenvalue weighted by molar-refractivity contribution is 6.30. The molecular weight excluding hydrogens is 216 g/mol. The first-order chi connectivity index (χ1) is 7.20. The van der Waals surface area contributed by atoms with Crippen molar-refractivity contribution in [3.8, 4) is 0 Å². The number of pyridine rings is 1. The summed E-state index contributed by atoms with van der Waals surface area (Å²) in [5, 5.41) is 4.66. The number of hydrogen-bond acceptors (Lipinski definition) is 3. The lowest BCUT2D eigenvalue weighted by Gasteiger charge is -1.95. The van der Waals surface area contributed by atoms with Gasteiger partial charge in [-0.3, -0.25) is 0 Å². The van der Waals surface area contributed by atoms with Gasteiger partial charge in [0.05, 0.1) is 12.1 Å². The second-order valence-electron chi connectivity index (χ2n) is 2.96. The standard InChI is InChI=1S/C10H9ClN2O2/c1-2-15-10(14)9-6-8-5-7(11)3-4-13(8)12-9/h3-6H,2H2,1H3. The molecule has 0 bridgehead atoms. The van der Waals surface area contributed by atoms with Crippen LogP contribution in [0.3, 0.4) is 0 Å². The number of esters is 1. The average Bonchev–Trinajstić information content (AvgIpc) is 2.60. The lowest BCUT2D eigenvalue weighted by molar-refractivity contribution is 0.0519. The fraction of sp³-hybridized carbons (Fsp3) is 0.200. The van der Waals surface area contributed by atoms with Gasteiger partial charge in [0.2, 0.25) is 0 Å². The molecule has 0 unspecified atom stereocenters. The van der Waals surface area contributed by atoms with Crippen LogP contribution in [-0.2, 0) is 4.74 Å². The molecule has 0 fully saturated rings. The summed E-state index contributed by atoms with van der Waals surface area (Å²) in [7, 11) is 0. The van der Waals surface area contributed by atoms with E-state index in [1.54, 1.807) is 35.8 Å². The SMILES string of the molecule is CCOC(=O)c1cc2cc(Cl)ccn2n1. The summed E-state index contributed by atoms with van der Waals surface area (Å²) >= 11 is 5.81. The third-order valence-electron chi connectivity index (χ3n) is 1.91. The molecule has 0 spiro atoms. The Labute approximate surface area is 91.4 Å². The van der Waals surface area contributed by atoms with Gasteiger partial charge in [-0.1, -0.05) is 11.6 Å². The number of rotatable bonds is 2. The van der Waals surface area contributed by atoms with Crippen LogP contribution >= 0.6 is 11.6 Å². The molecule has 2 aromatic rings. The van der Waals surface area contributed by atoms with Gasteiger partial charge in [0, 0.05) is 11.2 Å². The van der Waals surface area contributed by atoms with Crippen LogP contribution in [0.2, 0.25) is 5.02 Å². The highest BCUT2D eigenvalue weighted by Crippen LogP contribution is 2.13. The second kappa shape index (κ2) is 3.90. The third kappa shape index (κ3) is 1.94. The van der Waals surface area contributed by atoms with E-state index in [1.807, 2.05) is 0 Å². The molecule has 0 aromatic carbocycles. The van der Waals surface area contributed by atoms with Gasteiger partial charge < -0.3 is 4.74 Å². The van der Waals surface area contributed by atoms with Crippen LogP contribution < -0.4 is 0 Å². The van der Waals surface area contributed by atoms with Crippen LogP contribution in [0.4, 0.5) is 0 Å². The number of nitrogens with zero attached hydrogens (tertiary/aromatic N) is 2. The van der Waals surface area contributed by atoms with E-state index in [-0.39, 0.29) is 0 Å². The van der Waals surface area contributed by atoms with E-state index in [4.69, 9.17) is 16.3 Å². The van der Waals surface area contributed by atoms with Crippen molar-refractivity contribution in [2.75, 3.05) is 6.61 Å². The number of carbonyl (C=O) groups is 1. The quantitative estimate of drug-likeness (QED) is 0.735. The predicted octanol–water partition coefficient (Wildman–Crippen LogP) is 2.16. The highest BCUT2D eigenvalue weighted by atomic mass is 35.5. The largest absolute Gasteiger partial charge is 0.461 e. The first-order valence-corrected chi connectivity index (χ1v) is 4.90. The zero-order chi connectivity index (χ0) is 10.8. The van der Waals surface area contributed by atoms with Gasteiger partial charge >= 0.3 is 5.97 Å². The summed E-state index contributed by atoms with van der Waals surface area (Å²) in [6.07, 6.45) is 1.69. The molecule has 5 heteroatoms. The van der Waals surface area contributed by atoms with Crippen LogP contribution in [0.15, 0.2) is 24.4 Å². The summed E-state index contributed by atoms with van der Waals surface area (Å²) in [4.78, 5) is 11.4. The van der Waals surface area contributed by atoms with E-state index in [1.165, 1.54) is 0 Å². The number of hydrogen-bond donors (Lipinski definition) is 0. The zero-order valence-corrected chi connectivity index (χ0v) is 8.86. The Balaban J connectivity index is 2.42. The minimum atomic E-state index is -0.419. The van der Waals surface area contributed by atoms with E-state index in [0.29, 0.717) is 17.3 Å². The maximum absolute atomic E-state index is 11.4. The van der Waals surface area contributed by atoms with Crippen LogP contribution in [0.25, 0.3) is 5.52 Å². The van der Waals surface area contributed by atoms with Crippen molar-refractivity contribution in [3.63, 3.8) is 0 Å². The molecule has 15 heavy (non-hydrogen) atoms. The Morgan fingerprint density at radius 2 is 2.40 bits per heavy atom. The summed E-state index contributed by atoms with van der Waals surface area (Å²) in [5.74, 6) is -0.419. The third-order valence-corrected chi connectivity index (χ3v) is 2.15. The number of fused-ring (bicyclic) bond motifs is 1. The predicted molar refractivity (Wildman–Crippen MR) is 56.2 cm³/mol. The van der Waals surface area contributed by atoms with Gasteiger partial charge in [-0.15, -0.1) is 0 Å². The first-order valence-electron chi connectivity index (χ1n) is 4.53. The molecule has 0 radical (unpaired) electrons. The van der Waals surface area contributed by atoms with E-state index >= 15 is 0 Å². The Hall–Kier alpha value is -1.55. The molecular formula is C10H9ClN2O2. The molecule has 4 nitrogen and oxygen atoms in total. The highest BCUT2D eigenvalue weighted by Gasteiger charge is 2.11. The second-order valence-corrected chi connectivity index (χ2v) is 3.40. The van der Waals surface area contributed by atoms with Crippen LogP contribution in [0, 0.1) is 0 Å². The Morgan fingerprint density at radius 3 is 3.13 bits per heavy atom. The molecule has 78 valence electrons. The molecule has 2 heterocycles. The maximum atomic E-state index is 11.4. The van der Waals surface area contributed by atoms with E-state index in [2.05, 4.69) is 5.10 Å². The topological polar surface area (TPSA) is 43.6 Å². The molecule has 0 N–H and O–H groups in total. The molecule has 2 rings (SSSR count). The van der Waals surface area contributed by atoms with E-state index < -0.39 is 5.97 Å². The summed E-state index contributed by atoms with van der Waals surface area (Å²) in [5.41, 5.74) is 1.06. The molecule has 0 amide bonds. The van der Waals surface area contributed by atoms with Crippen molar-refractivity contribution in [1.82, 2.24) is 9.61 Å². The summed E-state index contributed by atoms with van der Waals surface area (Å²) in [6, 6.07) is 5.08. The van der Waals surface area contributed by atoms with Crippen molar-refractivity contribution in [2.45, 2.75) is 6.92 Å². The van der Waals surface area contributed by atoms with Crippen molar-refractivity contribution in [3.05, 3.63) is 35.1 Å². The normalized spacial score (nSPS) is 10.5. The molecule has 0 saturated carbocycles. The van der Waals surface area contributed by atoms with Crippen LogP contribution in [0.1, 0.15) is 17.4 Å². The van der Waals surface area contributed by atoms with E-state index in [0.717, 1.165) is 5.52 Å². The fourth-order valence-corrected chi connectivity index (χ4v) is 1.44. The zero-order valence-electron chi connectivity index (χ0n) is 8.11. The molecule has 0 aliphatic heterocycles. The van der Waals surface area contributed by atoms with Gasteiger partial charge in [-0.05, 0) is 25.1 Å². The number of carbonyl (C=O) groups excluding carboxylic acids is 1. The Kier molecular flexibility index (Phi) is 2.60. The fourth-order valence-electron chi connectivity index (χ4n) is 1.27. The molecule has 0 saturated heterocycles. The van der Waals surface area contributed by atoms with Crippen molar-refractivity contribution >= 4 is 23.1 Å². The monoisotopic (exact) mass is 224 g/mol. The molecule has 0 aliphatic carbocycles. The Bertz CT molecular complexity index is 507. The van der Waals surface area contributed by atoms with Crippen molar-refractivity contribution in [2.24, 2.45) is 0 Å². The summed E-state index contributed by atoms with van der Waals surface area (Å²) in [6.45, 7) is 2.10. The maximum Gasteiger partial charge on any atom is 0.358 e. The van der Waals surface area contributed by atoms with Gasteiger partial charge in [0.1, 0.15) is 0 Å². The Morgan fingerprint density at radius 1 is 1.60 bits per heavy atom. The summed E-state index contributed by atoms with van der Waals surface area (Å²) < 4.78 is 6.42. The van der Waals surface area contributed by atoms with Crippen LogP contribution in [0.5, 0.6) is 0 Å². The van der Waals surface area contributed by atoms with Crippen LogP contribution in [-0.4, -0.2) is 22.2 Å².